The molecule has 1 aromatic heterocycles. The molecule has 134 valence electrons. The molecule has 1 heterocycles. The quantitative estimate of drug-likeness (QED) is 0.646. The molecule has 0 atom stereocenters. The minimum atomic E-state index is -0.0119. The summed E-state index contributed by atoms with van der Waals surface area (Å²) < 4.78 is 7.65. The standard InChI is InChI=1S/C21H23N3O2/c25-21(12-16-26-19-9-5-2-6-10-19)23-13-11-20-22-14-15-24(20)17-18-7-3-1-4-8-18/h1-10,14-15H,11-13,16-17H2,(H,23,25). The van der Waals surface area contributed by atoms with Gasteiger partial charge in [0.2, 0.25) is 5.91 Å². The summed E-state index contributed by atoms with van der Waals surface area (Å²) in [6.45, 7) is 1.73. The summed E-state index contributed by atoms with van der Waals surface area (Å²) in [5, 5.41) is 2.93. The van der Waals surface area contributed by atoms with Crippen LogP contribution in [0.1, 0.15) is 17.8 Å². The van der Waals surface area contributed by atoms with Gasteiger partial charge in [-0.1, -0.05) is 48.5 Å². The van der Waals surface area contributed by atoms with Crippen LogP contribution in [-0.4, -0.2) is 28.6 Å². The third-order valence-electron chi connectivity index (χ3n) is 4.01. The number of carbonyl (C=O) groups excluding carboxylic acids is 1. The highest BCUT2D eigenvalue weighted by molar-refractivity contribution is 5.75. The fourth-order valence-corrected chi connectivity index (χ4v) is 2.67. The maximum absolute atomic E-state index is 11.9. The molecule has 0 aliphatic heterocycles. The smallest absolute Gasteiger partial charge is 0.223 e. The first-order valence-corrected chi connectivity index (χ1v) is 8.80. The van der Waals surface area contributed by atoms with Crippen LogP contribution in [0.2, 0.25) is 0 Å². The van der Waals surface area contributed by atoms with Crippen molar-refractivity contribution in [1.29, 1.82) is 0 Å². The molecule has 0 spiro atoms. The van der Waals surface area contributed by atoms with Crippen molar-refractivity contribution in [3.63, 3.8) is 0 Å². The van der Waals surface area contributed by atoms with Crippen molar-refractivity contribution in [3.05, 3.63) is 84.4 Å². The molecule has 0 radical (unpaired) electrons. The molecule has 0 bridgehead atoms. The summed E-state index contributed by atoms with van der Waals surface area (Å²) in [5.41, 5.74) is 1.23. The molecule has 0 unspecified atom stereocenters. The maximum Gasteiger partial charge on any atom is 0.223 e. The third kappa shape index (κ3) is 5.48. The number of benzene rings is 2. The van der Waals surface area contributed by atoms with Gasteiger partial charge in [-0.3, -0.25) is 4.79 Å². The van der Waals surface area contributed by atoms with E-state index in [0.29, 0.717) is 26.0 Å². The SMILES string of the molecule is O=C(CCOc1ccccc1)NCCc1nccn1Cc1ccccc1. The molecule has 0 saturated heterocycles. The first kappa shape index (κ1) is 17.7. The fourth-order valence-electron chi connectivity index (χ4n) is 2.67. The van der Waals surface area contributed by atoms with E-state index in [4.69, 9.17) is 4.74 Å². The summed E-state index contributed by atoms with van der Waals surface area (Å²) in [5.74, 6) is 1.74. The van der Waals surface area contributed by atoms with E-state index < -0.39 is 0 Å². The highest BCUT2D eigenvalue weighted by Gasteiger charge is 2.06. The van der Waals surface area contributed by atoms with Crippen LogP contribution in [0.3, 0.4) is 0 Å². The van der Waals surface area contributed by atoms with Gasteiger partial charge in [0.05, 0.1) is 13.0 Å². The molecule has 0 saturated carbocycles. The van der Waals surface area contributed by atoms with E-state index in [1.165, 1.54) is 5.56 Å². The molecule has 0 aliphatic rings. The van der Waals surface area contributed by atoms with E-state index in [1.54, 1.807) is 6.20 Å². The summed E-state index contributed by atoms with van der Waals surface area (Å²) in [7, 11) is 0. The van der Waals surface area contributed by atoms with Gasteiger partial charge in [-0.15, -0.1) is 0 Å². The number of nitrogens with zero attached hydrogens (tertiary/aromatic N) is 2. The lowest BCUT2D eigenvalue weighted by Crippen LogP contribution is -2.27. The summed E-state index contributed by atoms with van der Waals surface area (Å²) in [4.78, 5) is 16.3. The fraction of sp³-hybridized carbons (Fsp3) is 0.238. The number of nitrogens with one attached hydrogen (secondary N) is 1. The highest BCUT2D eigenvalue weighted by atomic mass is 16.5. The second kappa shape index (κ2) is 9.42. The Kier molecular flexibility index (Phi) is 6.42. The van der Waals surface area contributed by atoms with Crippen molar-refractivity contribution in [2.45, 2.75) is 19.4 Å². The maximum atomic E-state index is 11.9. The van der Waals surface area contributed by atoms with Crippen molar-refractivity contribution >= 4 is 5.91 Å². The number of hydrogen-bond acceptors (Lipinski definition) is 3. The van der Waals surface area contributed by atoms with Crippen molar-refractivity contribution in [2.24, 2.45) is 0 Å². The van der Waals surface area contributed by atoms with Gasteiger partial charge in [-0.2, -0.15) is 0 Å². The summed E-state index contributed by atoms with van der Waals surface area (Å²) in [6.07, 6.45) is 4.81. The highest BCUT2D eigenvalue weighted by Crippen LogP contribution is 2.08. The number of hydrogen-bond donors (Lipinski definition) is 1. The molecule has 3 aromatic rings. The van der Waals surface area contributed by atoms with Crippen LogP contribution in [0.5, 0.6) is 5.75 Å². The van der Waals surface area contributed by atoms with Crippen LogP contribution >= 0.6 is 0 Å². The molecule has 5 nitrogen and oxygen atoms in total. The van der Waals surface area contributed by atoms with Crippen molar-refractivity contribution in [3.8, 4) is 5.75 Å². The second-order valence-electron chi connectivity index (χ2n) is 5.97. The number of carbonyl (C=O) groups is 1. The lowest BCUT2D eigenvalue weighted by Gasteiger charge is -2.09. The van der Waals surface area contributed by atoms with Crippen LogP contribution in [0, 0.1) is 0 Å². The van der Waals surface area contributed by atoms with E-state index in [2.05, 4.69) is 27.0 Å². The Balaban J connectivity index is 1.38. The van der Waals surface area contributed by atoms with Gasteiger partial charge >= 0.3 is 0 Å². The molecule has 0 fully saturated rings. The Morgan fingerprint density at radius 1 is 1.04 bits per heavy atom. The Hall–Kier alpha value is -3.08. The predicted molar refractivity (Wildman–Crippen MR) is 101 cm³/mol. The zero-order valence-corrected chi connectivity index (χ0v) is 14.7. The largest absolute Gasteiger partial charge is 0.493 e. The molecule has 1 amide bonds. The Bertz CT molecular complexity index is 800. The van der Waals surface area contributed by atoms with Gasteiger partial charge in [-0.25, -0.2) is 4.98 Å². The van der Waals surface area contributed by atoms with Crippen LogP contribution < -0.4 is 10.1 Å². The third-order valence-corrected chi connectivity index (χ3v) is 4.01. The van der Waals surface area contributed by atoms with Crippen LogP contribution in [0.25, 0.3) is 0 Å². The van der Waals surface area contributed by atoms with Gasteiger partial charge in [0.25, 0.3) is 0 Å². The van der Waals surface area contributed by atoms with Gasteiger partial charge in [0, 0.05) is 31.9 Å². The number of aromatic nitrogens is 2. The van der Waals surface area contributed by atoms with Crippen LogP contribution in [0.4, 0.5) is 0 Å². The van der Waals surface area contributed by atoms with Crippen molar-refractivity contribution < 1.29 is 9.53 Å². The second-order valence-corrected chi connectivity index (χ2v) is 5.97. The zero-order valence-electron chi connectivity index (χ0n) is 14.7. The monoisotopic (exact) mass is 349 g/mol. The molecule has 5 heteroatoms. The number of para-hydroxylation sites is 1. The van der Waals surface area contributed by atoms with E-state index in [1.807, 2.05) is 54.7 Å². The van der Waals surface area contributed by atoms with Crippen molar-refractivity contribution in [2.75, 3.05) is 13.2 Å². The first-order chi connectivity index (χ1) is 12.8. The summed E-state index contributed by atoms with van der Waals surface area (Å²) >= 11 is 0. The van der Waals surface area contributed by atoms with E-state index in [9.17, 15) is 4.79 Å². The topological polar surface area (TPSA) is 56.1 Å². The molecule has 1 N–H and O–H groups in total. The minimum Gasteiger partial charge on any atom is -0.493 e. The molecular formula is C21H23N3O2. The molecule has 2 aromatic carbocycles. The van der Waals surface area contributed by atoms with Crippen LogP contribution in [0.15, 0.2) is 73.1 Å². The van der Waals surface area contributed by atoms with Gasteiger partial charge in [0.15, 0.2) is 0 Å². The minimum absolute atomic E-state index is 0.0119. The van der Waals surface area contributed by atoms with Gasteiger partial charge < -0.3 is 14.6 Å². The molecular weight excluding hydrogens is 326 g/mol. The number of imidazole rings is 1. The lowest BCUT2D eigenvalue weighted by molar-refractivity contribution is -0.121. The normalized spacial score (nSPS) is 10.5. The zero-order chi connectivity index (χ0) is 18.0. The predicted octanol–water partition coefficient (Wildman–Crippen LogP) is 3.06. The molecule has 3 rings (SSSR count). The number of amides is 1. The van der Waals surface area contributed by atoms with E-state index >= 15 is 0 Å². The van der Waals surface area contributed by atoms with Crippen LogP contribution in [-0.2, 0) is 17.8 Å². The van der Waals surface area contributed by atoms with Crippen molar-refractivity contribution in [1.82, 2.24) is 14.9 Å². The Labute approximate surface area is 153 Å². The Morgan fingerprint density at radius 3 is 2.54 bits per heavy atom. The average molecular weight is 349 g/mol. The lowest BCUT2D eigenvalue weighted by atomic mass is 10.2. The van der Waals surface area contributed by atoms with E-state index in [-0.39, 0.29) is 5.91 Å². The number of ether oxygens (including phenoxy) is 1. The molecule has 26 heavy (non-hydrogen) atoms. The van der Waals surface area contributed by atoms with Gasteiger partial charge in [-0.05, 0) is 17.7 Å². The summed E-state index contributed by atoms with van der Waals surface area (Å²) in [6, 6.07) is 19.8. The molecule has 0 aliphatic carbocycles. The average Bonchev–Trinajstić information content (AvgIpc) is 3.10. The van der Waals surface area contributed by atoms with E-state index in [0.717, 1.165) is 18.1 Å². The first-order valence-electron chi connectivity index (χ1n) is 8.80. The van der Waals surface area contributed by atoms with Gasteiger partial charge in [0.1, 0.15) is 11.6 Å². The Morgan fingerprint density at radius 2 is 1.77 bits per heavy atom. The number of rotatable bonds is 9.